The van der Waals surface area contributed by atoms with Gasteiger partial charge in [-0.15, -0.1) is 0 Å². The second kappa shape index (κ2) is 8.61. The highest BCUT2D eigenvalue weighted by molar-refractivity contribution is 6.31. The number of halogens is 5. The van der Waals surface area contributed by atoms with Crippen LogP contribution in [0.2, 0.25) is 5.02 Å². The third kappa shape index (κ3) is 5.12. The number of benzene rings is 2. The van der Waals surface area contributed by atoms with Crippen LogP contribution in [0.15, 0.2) is 60.9 Å². The first-order valence-electron chi connectivity index (χ1n) is 8.59. The van der Waals surface area contributed by atoms with Gasteiger partial charge in [-0.1, -0.05) is 35.9 Å². The standard InChI is InChI=1S/C21H15ClF4N2O/c22-19-10-14(15-9-16(23)12-27-11-15)6-5-13(19)7-8-28-20(29)17-3-1-2-4-18(17)21(24,25)26/h1-6,9-12H,7-8H2,(H,28,29). The summed E-state index contributed by atoms with van der Waals surface area (Å²) in [5.41, 5.74) is 0.525. The van der Waals surface area contributed by atoms with E-state index in [2.05, 4.69) is 10.3 Å². The van der Waals surface area contributed by atoms with Gasteiger partial charge in [0.15, 0.2) is 0 Å². The summed E-state index contributed by atoms with van der Waals surface area (Å²) in [6.07, 6.45) is -1.69. The van der Waals surface area contributed by atoms with E-state index in [1.165, 1.54) is 24.4 Å². The number of carbonyl (C=O) groups excluding carboxylic acids is 1. The lowest BCUT2D eigenvalue weighted by Crippen LogP contribution is -2.28. The van der Waals surface area contributed by atoms with Crippen LogP contribution in [0.5, 0.6) is 0 Å². The molecular formula is C21H15ClF4N2O. The van der Waals surface area contributed by atoms with Crippen LogP contribution in [-0.4, -0.2) is 17.4 Å². The summed E-state index contributed by atoms with van der Waals surface area (Å²) >= 11 is 6.26. The Bertz CT molecular complexity index is 1040. The Morgan fingerprint density at radius 3 is 2.48 bits per heavy atom. The molecule has 0 saturated carbocycles. The monoisotopic (exact) mass is 422 g/mol. The fraction of sp³-hybridized carbons (Fsp3) is 0.143. The normalized spacial score (nSPS) is 11.3. The van der Waals surface area contributed by atoms with Gasteiger partial charge in [-0.05, 0) is 41.8 Å². The Morgan fingerprint density at radius 1 is 1.03 bits per heavy atom. The number of aromatic nitrogens is 1. The molecule has 0 fully saturated rings. The fourth-order valence-electron chi connectivity index (χ4n) is 2.83. The lowest BCUT2D eigenvalue weighted by atomic mass is 10.0. The maximum absolute atomic E-state index is 13.3. The van der Waals surface area contributed by atoms with E-state index in [1.54, 1.807) is 18.2 Å². The van der Waals surface area contributed by atoms with E-state index in [1.807, 2.05) is 0 Å². The van der Waals surface area contributed by atoms with Gasteiger partial charge < -0.3 is 5.32 Å². The van der Waals surface area contributed by atoms with Gasteiger partial charge in [0, 0.05) is 23.3 Å². The molecule has 3 nitrogen and oxygen atoms in total. The smallest absolute Gasteiger partial charge is 0.352 e. The molecule has 1 aromatic heterocycles. The zero-order valence-corrected chi connectivity index (χ0v) is 15.7. The number of carbonyl (C=O) groups is 1. The Hall–Kier alpha value is -2.93. The highest BCUT2D eigenvalue weighted by Crippen LogP contribution is 2.32. The van der Waals surface area contributed by atoms with Crippen LogP contribution in [0.3, 0.4) is 0 Å². The molecule has 0 aliphatic rings. The Labute approximate surface area is 169 Å². The van der Waals surface area contributed by atoms with Crippen molar-refractivity contribution in [2.45, 2.75) is 12.6 Å². The first kappa shape index (κ1) is 20.8. The number of hydrogen-bond acceptors (Lipinski definition) is 2. The number of hydrogen-bond donors (Lipinski definition) is 1. The average molecular weight is 423 g/mol. The Kier molecular flexibility index (Phi) is 6.17. The van der Waals surface area contributed by atoms with Crippen molar-refractivity contribution in [1.29, 1.82) is 0 Å². The molecule has 8 heteroatoms. The van der Waals surface area contributed by atoms with E-state index in [0.29, 0.717) is 28.1 Å². The maximum Gasteiger partial charge on any atom is 0.417 e. The zero-order chi connectivity index (χ0) is 21.0. The molecule has 1 heterocycles. The molecule has 3 rings (SSSR count). The minimum Gasteiger partial charge on any atom is -0.352 e. The quantitative estimate of drug-likeness (QED) is 0.549. The van der Waals surface area contributed by atoms with Crippen molar-refractivity contribution in [2.24, 2.45) is 0 Å². The van der Waals surface area contributed by atoms with Crippen LogP contribution in [0.4, 0.5) is 17.6 Å². The predicted octanol–water partition coefficient (Wildman–Crippen LogP) is 5.53. The third-order valence-electron chi connectivity index (χ3n) is 4.25. The topological polar surface area (TPSA) is 42.0 Å². The van der Waals surface area contributed by atoms with Crippen LogP contribution in [0, 0.1) is 5.82 Å². The van der Waals surface area contributed by atoms with Gasteiger partial charge in [-0.2, -0.15) is 13.2 Å². The molecule has 0 aliphatic heterocycles. The number of nitrogens with zero attached hydrogens (tertiary/aromatic N) is 1. The van der Waals surface area contributed by atoms with Crippen molar-refractivity contribution in [3.63, 3.8) is 0 Å². The van der Waals surface area contributed by atoms with Crippen molar-refractivity contribution in [1.82, 2.24) is 10.3 Å². The number of nitrogens with one attached hydrogen (secondary N) is 1. The van der Waals surface area contributed by atoms with Gasteiger partial charge in [0.1, 0.15) is 5.82 Å². The third-order valence-corrected chi connectivity index (χ3v) is 4.60. The van der Waals surface area contributed by atoms with Crippen LogP contribution < -0.4 is 5.32 Å². The molecule has 0 atom stereocenters. The Morgan fingerprint density at radius 2 is 1.79 bits per heavy atom. The lowest BCUT2D eigenvalue weighted by Gasteiger charge is -2.13. The second-order valence-corrected chi connectivity index (χ2v) is 6.65. The fourth-order valence-corrected chi connectivity index (χ4v) is 3.11. The van der Waals surface area contributed by atoms with Gasteiger partial charge in [0.25, 0.3) is 5.91 Å². The summed E-state index contributed by atoms with van der Waals surface area (Å²) in [7, 11) is 0. The molecule has 3 aromatic rings. The van der Waals surface area contributed by atoms with Crippen molar-refractivity contribution < 1.29 is 22.4 Å². The first-order valence-corrected chi connectivity index (χ1v) is 8.97. The number of pyridine rings is 1. The molecule has 1 amide bonds. The summed E-state index contributed by atoms with van der Waals surface area (Å²) in [6, 6.07) is 11.0. The van der Waals surface area contributed by atoms with E-state index in [4.69, 9.17) is 11.6 Å². The predicted molar refractivity (Wildman–Crippen MR) is 102 cm³/mol. The second-order valence-electron chi connectivity index (χ2n) is 6.25. The minimum absolute atomic E-state index is 0.103. The zero-order valence-electron chi connectivity index (χ0n) is 14.9. The average Bonchev–Trinajstić information content (AvgIpc) is 2.68. The van der Waals surface area contributed by atoms with Gasteiger partial charge in [-0.3, -0.25) is 9.78 Å². The van der Waals surface area contributed by atoms with Gasteiger partial charge in [0.05, 0.1) is 17.3 Å². The van der Waals surface area contributed by atoms with Crippen molar-refractivity contribution in [3.8, 4) is 11.1 Å². The van der Waals surface area contributed by atoms with Crippen LogP contribution in [-0.2, 0) is 12.6 Å². The Balaban J connectivity index is 1.66. The van der Waals surface area contributed by atoms with Gasteiger partial charge >= 0.3 is 6.18 Å². The molecule has 0 aliphatic carbocycles. The van der Waals surface area contributed by atoms with E-state index in [0.717, 1.165) is 18.3 Å². The molecule has 0 radical (unpaired) electrons. The van der Waals surface area contributed by atoms with E-state index in [-0.39, 0.29) is 6.54 Å². The van der Waals surface area contributed by atoms with E-state index >= 15 is 0 Å². The highest BCUT2D eigenvalue weighted by atomic mass is 35.5. The molecular weight excluding hydrogens is 408 g/mol. The van der Waals surface area contributed by atoms with Crippen LogP contribution in [0.1, 0.15) is 21.5 Å². The molecule has 29 heavy (non-hydrogen) atoms. The van der Waals surface area contributed by atoms with E-state index in [9.17, 15) is 22.4 Å². The summed E-state index contributed by atoms with van der Waals surface area (Å²) < 4.78 is 52.4. The number of rotatable bonds is 5. The summed E-state index contributed by atoms with van der Waals surface area (Å²) in [4.78, 5) is 16.0. The molecule has 0 bridgehead atoms. The summed E-state index contributed by atoms with van der Waals surface area (Å²) in [6.45, 7) is 0.103. The molecule has 0 unspecified atom stereocenters. The highest BCUT2D eigenvalue weighted by Gasteiger charge is 2.34. The minimum atomic E-state index is -4.61. The summed E-state index contributed by atoms with van der Waals surface area (Å²) in [5.74, 6) is -1.28. The van der Waals surface area contributed by atoms with Gasteiger partial charge in [-0.25, -0.2) is 4.39 Å². The number of alkyl halides is 3. The summed E-state index contributed by atoms with van der Waals surface area (Å²) in [5, 5.41) is 2.88. The first-order chi connectivity index (χ1) is 13.8. The van der Waals surface area contributed by atoms with Crippen molar-refractivity contribution in [2.75, 3.05) is 6.54 Å². The molecule has 150 valence electrons. The van der Waals surface area contributed by atoms with Crippen molar-refractivity contribution in [3.05, 3.63) is 88.5 Å². The van der Waals surface area contributed by atoms with Crippen LogP contribution in [0.25, 0.3) is 11.1 Å². The van der Waals surface area contributed by atoms with Gasteiger partial charge in [0.2, 0.25) is 0 Å². The molecule has 1 N–H and O–H groups in total. The van der Waals surface area contributed by atoms with Crippen LogP contribution >= 0.6 is 11.6 Å². The number of amides is 1. The van der Waals surface area contributed by atoms with Crippen molar-refractivity contribution >= 4 is 17.5 Å². The molecule has 2 aromatic carbocycles. The SMILES string of the molecule is O=C(NCCc1ccc(-c2cncc(F)c2)cc1Cl)c1ccccc1C(F)(F)F. The molecule has 0 saturated heterocycles. The lowest BCUT2D eigenvalue weighted by molar-refractivity contribution is -0.137. The largest absolute Gasteiger partial charge is 0.417 e. The molecule has 0 spiro atoms. The maximum atomic E-state index is 13.3. The van der Waals surface area contributed by atoms with E-state index < -0.39 is 29.0 Å².